The number of ether oxygens (including phenoxy) is 1. The smallest absolute Gasteiger partial charge is 0.363 e. The van der Waals surface area contributed by atoms with Crippen molar-refractivity contribution in [2.75, 3.05) is 0 Å². The molecule has 3 rings (SSSR count). The number of halogens is 2. The molecule has 0 saturated carbocycles. The summed E-state index contributed by atoms with van der Waals surface area (Å²) in [6.45, 7) is 0. The van der Waals surface area contributed by atoms with E-state index >= 15 is 0 Å². The number of carbonyl (C=O) groups is 1. The molecule has 4 nitrogen and oxygen atoms in total. The van der Waals surface area contributed by atoms with Crippen LogP contribution in [0.15, 0.2) is 59.2 Å². The monoisotopic (exact) mass is 359 g/mol. The molecule has 1 aliphatic heterocycles. The van der Waals surface area contributed by atoms with Crippen LogP contribution in [-0.2, 0) is 9.53 Å². The molecule has 2 aromatic carbocycles. The predicted molar refractivity (Wildman–Crippen MR) is 95.1 cm³/mol. The van der Waals surface area contributed by atoms with E-state index in [1.54, 1.807) is 12.2 Å². The van der Waals surface area contributed by atoms with E-state index in [9.17, 15) is 9.90 Å². The Balaban J connectivity index is 1.88. The first-order valence-electron chi connectivity index (χ1n) is 6.96. The minimum Gasteiger partial charge on any atom is -0.506 e. The fourth-order valence-corrected chi connectivity index (χ4v) is 2.58. The lowest BCUT2D eigenvalue weighted by molar-refractivity contribution is -0.129. The second-order valence-corrected chi connectivity index (χ2v) is 5.78. The second kappa shape index (κ2) is 6.91. The van der Waals surface area contributed by atoms with E-state index < -0.39 is 5.97 Å². The summed E-state index contributed by atoms with van der Waals surface area (Å²) in [4.78, 5) is 16.0. The van der Waals surface area contributed by atoms with Crippen LogP contribution in [0.5, 0.6) is 5.75 Å². The van der Waals surface area contributed by atoms with Gasteiger partial charge in [0, 0.05) is 16.7 Å². The van der Waals surface area contributed by atoms with Crippen molar-refractivity contribution < 1.29 is 14.6 Å². The molecule has 0 aromatic heterocycles. The topological polar surface area (TPSA) is 58.9 Å². The summed E-state index contributed by atoms with van der Waals surface area (Å²) in [5.41, 5.74) is 1.29. The second-order valence-electron chi connectivity index (χ2n) is 4.94. The summed E-state index contributed by atoms with van der Waals surface area (Å²) >= 11 is 11.8. The van der Waals surface area contributed by atoms with Crippen molar-refractivity contribution in [2.45, 2.75) is 0 Å². The maximum absolute atomic E-state index is 11.9. The van der Waals surface area contributed by atoms with E-state index in [2.05, 4.69) is 4.99 Å². The van der Waals surface area contributed by atoms with Gasteiger partial charge >= 0.3 is 5.97 Å². The molecule has 0 atom stereocenters. The lowest BCUT2D eigenvalue weighted by Gasteiger charge is -2.02. The maximum atomic E-state index is 11.9. The Labute approximate surface area is 148 Å². The van der Waals surface area contributed by atoms with Crippen molar-refractivity contribution in [2.24, 2.45) is 4.99 Å². The number of cyclic esters (lactones) is 1. The van der Waals surface area contributed by atoms with E-state index in [4.69, 9.17) is 27.9 Å². The largest absolute Gasteiger partial charge is 0.506 e. The number of phenolic OH excluding ortho intramolecular Hbond substituents is 1. The summed E-state index contributed by atoms with van der Waals surface area (Å²) in [5.74, 6) is -0.620. The van der Waals surface area contributed by atoms with E-state index in [0.717, 1.165) is 5.56 Å². The molecule has 0 unspecified atom stereocenters. The zero-order chi connectivity index (χ0) is 17.1. The van der Waals surface area contributed by atoms with E-state index in [0.29, 0.717) is 5.02 Å². The van der Waals surface area contributed by atoms with Crippen LogP contribution < -0.4 is 0 Å². The number of carbonyl (C=O) groups excluding carboxylic acids is 1. The number of aromatic hydroxyl groups is 1. The van der Waals surface area contributed by atoms with Gasteiger partial charge in [-0.25, -0.2) is 9.79 Å². The van der Waals surface area contributed by atoms with E-state index in [-0.39, 0.29) is 27.9 Å². The molecule has 6 heteroatoms. The molecule has 24 heavy (non-hydrogen) atoms. The van der Waals surface area contributed by atoms with Gasteiger partial charge < -0.3 is 9.84 Å². The number of rotatable bonds is 3. The van der Waals surface area contributed by atoms with Crippen LogP contribution in [0.3, 0.4) is 0 Å². The summed E-state index contributed by atoms with van der Waals surface area (Å²) in [5, 5.41) is 10.4. The van der Waals surface area contributed by atoms with Gasteiger partial charge in [-0.2, -0.15) is 0 Å². The number of nitrogens with zero attached hydrogens (tertiary/aromatic N) is 1. The quantitative estimate of drug-likeness (QED) is 0.637. The molecule has 0 spiro atoms. The number of hydrogen-bond donors (Lipinski definition) is 1. The molecule has 1 heterocycles. The summed E-state index contributed by atoms with van der Waals surface area (Å²) in [7, 11) is 0. The average molecular weight is 360 g/mol. The third-order valence-electron chi connectivity index (χ3n) is 3.20. The normalized spacial score (nSPS) is 15.8. The molecular formula is C18H11Cl2NO3. The Morgan fingerprint density at radius 2 is 1.83 bits per heavy atom. The Hall–Kier alpha value is -2.56. The van der Waals surface area contributed by atoms with Gasteiger partial charge in [-0.05, 0) is 29.8 Å². The zero-order valence-corrected chi connectivity index (χ0v) is 13.8. The zero-order valence-electron chi connectivity index (χ0n) is 12.2. The SMILES string of the molecule is O=C1OC(C=Cc2ccccc2)=NC1=Cc1cc(Cl)cc(Cl)c1O. The standard InChI is InChI=1S/C18H11Cl2NO3/c19-13-8-12(17(22)14(20)10-13)9-15-18(23)24-16(21-15)7-6-11-4-2-1-3-5-11/h1-10,22H. The summed E-state index contributed by atoms with van der Waals surface area (Å²) in [6.07, 6.45) is 4.75. The van der Waals surface area contributed by atoms with Gasteiger partial charge in [0.1, 0.15) is 5.75 Å². The molecule has 0 fully saturated rings. The van der Waals surface area contributed by atoms with Crippen LogP contribution in [-0.4, -0.2) is 17.0 Å². The fraction of sp³-hybridized carbons (Fsp3) is 0. The maximum Gasteiger partial charge on any atom is 0.363 e. The average Bonchev–Trinajstić information content (AvgIpc) is 2.91. The number of esters is 1. The summed E-state index contributed by atoms with van der Waals surface area (Å²) in [6, 6.07) is 12.4. The number of phenols is 1. The van der Waals surface area contributed by atoms with Crippen molar-refractivity contribution in [3.05, 3.63) is 75.4 Å². The van der Waals surface area contributed by atoms with E-state index in [1.165, 1.54) is 18.2 Å². The Bertz CT molecular complexity index is 887. The molecule has 0 amide bonds. The lowest BCUT2D eigenvalue weighted by atomic mass is 10.1. The summed E-state index contributed by atoms with van der Waals surface area (Å²) < 4.78 is 5.08. The highest BCUT2D eigenvalue weighted by atomic mass is 35.5. The first-order chi connectivity index (χ1) is 11.5. The molecule has 0 radical (unpaired) electrons. The number of aliphatic imine (C=N–C) groups is 1. The van der Waals surface area contributed by atoms with Crippen LogP contribution >= 0.6 is 23.2 Å². The number of hydrogen-bond acceptors (Lipinski definition) is 4. The molecule has 2 aromatic rings. The van der Waals surface area contributed by atoms with Crippen LogP contribution in [0.1, 0.15) is 11.1 Å². The van der Waals surface area contributed by atoms with Gasteiger partial charge in [0.2, 0.25) is 5.90 Å². The first kappa shape index (κ1) is 16.3. The Kier molecular flexibility index (Phi) is 4.69. The van der Waals surface area contributed by atoms with Crippen molar-refractivity contribution in [3.8, 4) is 5.75 Å². The Morgan fingerprint density at radius 3 is 2.58 bits per heavy atom. The first-order valence-corrected chi connectivity index (χ1v) is 7.72. The highest BCUT2D eigenvalue weighted by molar-refractivity contribution is 6.36. The minimum absolute atomic E-state index is 0.0522. The van der Waals surface area contributed by atoms with Crippen LogP contribution in [0.4, 0.5) is 0 Å². The molecule has 120 valence electrons. The molecule has 1 aliphatic rings. The van der Waals surface area contributed by atoms with Crippen LogP contribution in [0, 0.1) is 0 Å². The Morgan fingerprint density at radius 1 is 1.08 bits per heavy atom. The van der Waals surface area contributed by atoms with Gasteiger partial charge in [-0.3, -0.25) is 0 Å². The lowest BCUT2D eigenvalue weighted by Crippen LogP contribution is -2.01. The van der Waals surface area contributed by atoms with Crippen LogP contribution in [0.2, 0.25) is 10.0 Å². The third-order valence-corrected chi connectivity index (χ3v) is 3.71. The molecule has 1 N–H and O–H groups in total. The minimum atomic E-state index is -0.613. The van der Waals surface area contributed by atoms with Crippen molar-refractivity contribution in [3.63, 3.8) is 0 Å². The van der Waals surface area contributed by atoms with Crippen molar-refractivity contribution in [1.29, 1.82) is 0 Å². The predicted octanol–water partition coefficient (Wildman–Crippen LogP) is 4.71. The third kappa shape index (κ3) is 3.67. The molecular weight excluding hydrogens is 349 g/mol. The van der Waals surface area contributed by atoms with E-state index in [1.807, 2.05) is 30.3 Å². The van der Waals surface area contributed by atoms with Gasteiger partial charge in [0.05, 0.1) is 5.02 Å². The van der Waals surface area contributed by atoms with Gasteiger partial charge in [0.15, 0.2) is 5.70 Å². The van der Waals surface area contributed by atoms with Crippen molar-refractivity contribution in [1.82, 2.24) is 0 Å². The highest BCUT2D eigenvalue weighted by Crippen LogP contribution is 2.33. The van der Waals surface area contributed by atoms with Gasteiger partial charge in [-0.15, -0.1) is 0 Å². The highest BCUT2D eigenvalue weighted by Gasteiger charge is 2.22. The molecule has 0 saturated heterocycles. The molecule has 0 bridgehead atoms. The van der Waals surface area contributed by atoms with Crippen LogP contribution in [0.25, 0.3) is 12.2 Å². The fourth-order valence-electron chi connectivity index (χ4n) is 2.07. The van der Waals surface area contributed by atoms with Gasteiger partial charge in [0.25, 0.3) is 0 Å². The van der Waals surface area contributed by atoms with Crippen molar-refractivity contribution >= 4 is 47.2 Å². The number of benzene rings is 2. The molecule has 0 aliphatic carbocycles. The van der Waals surface area contributed by atoms with Gasteiger partial charge in [-0.1, -0.05) is 53.5 Å².